The molecule has 0 saturated carbocycles. The number of nitrogens with two attached hydrogens (primary N) is 1. The van der Waals surface area contributed by atoms with Gasteiger partial charge in [0.1, 0.15) is 0 Å². The van der Waals surface area contributed by atoms with Crippen molar-refractivity contribution in [2.45, 2.75) is 6.04 Å². The maximum Gasteiger partial charge on any atom is 0.0891 e. The highest BCUT2D eigenvalue weighted by molar-refractivity contribution is 14.1. The summed E-state index contributed by atoms with van der Waals surface area (Å²) >= 11 is 4.02. The monoisotopic (exact) mass is 396 g/mol. The largest absolute Gasteiger partial charge is 0.271 e. The molecule has 0 aliphatic rings. The highest BCUT2D eigenvalue weighted by Gasteiger charge is 2.18. The van der Waals surface area contributed by atoms with Crippen LogP contribution in [0.1, 0.15) is 17.3 Å². The van der Waals surface area contributed by atoms with E-state index < -0.39 is 0 Å². The number of rotatable bonds is 4. The Morgan fingerprint density at radius 2 is 2.05 bits per heavy atom. The number of hydrogen-bond donors (Lipinski definition) is 2. The van der Waals surface area contributed by atoms with Crippen molar-refractivity contribution >= 4 is 33.9 Å². The predicted octanol–water partition coefficient (Wildman–Crippen LogP) is 3.09. The van der Waals surface area contributed by atoms with Crippen molar-refractivity contribution in [2.24, 2.45) is 5.84 Å². The van der Waals surface area contributed by atoms with Gasteiger partial charge in [-0.3, -0.25) is 5.84 Å². The van der Waals surface area contributed by atoms with Gasteiger partial charge in [-0.2, -0.15) is 5.10 Å². The fourth-order valence-corrected chi connectivity index (χ4v) is 3.54. The zero-order valence-electron chi connectivity index (χ0n) is 10.5. The third-order valence-corrected chi connectivity index (χ3v) is 4.86. The number of hydrazine groups is 1. The van der Waals surface area contributed by atoms with Crippen molar-refractivity contribution < 1.29 is 0 Å². The molecular weight excluding hydrogens is 383 g/mol. The third-order valence-electron chi connectivity index (χ3n) is 3.06. The maximum atomic E-state index is 5.76. The van der Waals surface area contributed by atoms with E-state index in [1.807, 2.05) is 41.1 Å². The minimum absolute atomic E-state index is 0.0718. The predicted molar refractivity (Wildman–Crippen MR) is 89.8 cm³/mol. The van der Waals surface area contributed by atoms with Gasteiger partial charge in [0, 0.05) is 6.20 Å². The zero-order valence-corrected chi connectivity index (χ0v) is 13.5. The Morgan fingerprint density at radius 1 is 1.25 bits per heavy atom. The Balaban J connectivity index is 2.04. The van der Waals surface area contributed by atoms with E-state index in [2.05, 4.69) is 44.6 Å². The molecule has 0 amide bonds. The third kappa shape index (κ3) is 2.64. The lowest BCUT2D eigenvalue weighted by atomic mass is 10.1. The molecule has 0 bridgehead atoms. The smallest absolute Gasteiger partial charge is 0.0891 e. The number of thiophene rings is 1. The molecule has 0 spiro atoms. The van der Waals surface area contributed by atoms with Gasteiger partial charge in [-0.25, -0.2) is 10.1 Å². The van der Waals surface area contributed by atoms with Gasteiger partial charge in [-0.05, 0) is 57.8 Å². The minimum atomic E-state index is -0.0718. The molecule has 2 aromatic heterocycles. The second kappa shape index (κ2) is 6.04. The van der Waals surface area contributed by atoms with E-state index in [0.717, 1.165) is 16.9 Å². The van der Waals surface area contributed by atoms with Gasteiger partial charge >= 0.3 is 0 Å². The van der Waals surface area contributed by atoms with E-state index in [-0.39, 0.29) is 6.04 Å². The lowest BCUT2D eigenvalue weighted by Gasteiger charge is -2.16. The highest BCUT2D eigenvalue weighted by atomic mass is 127. The van der Waals surface area contributed by atoms with Crippen molar-refractivity contribution in [1.29, 1.82) is 0 Å². The first-order valence-corrected chi connectivity index (χ1v) is 8.05. The number of hydrogen-bond acceptors (Lipinski definition) is 4. The summed E-state index contributed by atoms with van der Waals surface area (Å²) in [6, 6.07) is 14.1. The molecule has 1 aromatic carbocycles. The van der Waals surface area contributed by atoms with E-state index in [1.54, 1.807) is 17.5 Å². The Bertz CT molecular complexity index is 692. The van der Waals surface area contributed by atoms with Crippen LogP contribution in [0.2, 0.25) is 0 Å². The molecule has 0 fully saturated rings. The average molecular weight is 396 g/mol. The standard InChI is InChI=1S/C14H13IN4S/c15-13-8-10(9-20-13)14(18-16)12-6-7-17-19(12)11-4-2-1-3-5-11/h1-9,14,18H,16H2. The molecule has 102 valence electrons. The van der Waals surface area contributed by atoms with Gasteiger partial charge in [0.05, 0.1) is 20.3 Å². The molecule has 1 unspecified atom stereocenters. The number of nitrogens with zero attached hydrogens (tertiary/aromatic N) is 2. The summed E-state index contributed by atoms with van der Waals surface area (Å²) in [4.78, 5) is 0. The van der Waals surface area contributed by atoms with Crippen LogP contribution in [-0.2, 0) is 0 Å². The molecule has 0 saturated heterocycles. The van der Waals surface area contributed by atoms with E-state index in [9.17, 15) is 0 Å². The van der Waals surface area contributed by atoms with Crippen LogP contribution in [0.4, 0.5) is 0 Å². The van der Waals surface area contributed by atoms with Gasteiger partial charge in [-0.1, -0.05) is 18.2 Å². The van der Waals surface area contributed by atoms with Gasteiger partial charge in [0.15, 0.2) is 0 Å². The second-order valence-corrected chi connectivity index (χ2v) is 7.09. The molecular formula is C14H13IN4S. The number of nitrogens with one attached hydrogen (secondary N) is 1. The molecule has 6 heteroatoms. The van der Waals surface area contributed by atoms with Crippen molar-refractivity contribution in [1.82, 2.24) is 15.2 Å². The van der Waals surface area contributed by atoms with Crippen LogP contribution in [-0.4, -0.2) is 9.78 Å². The van der Waals surface area contributed by atoms with Crippen molar-refractivity contribution in [3.63, 3.8) is 0 Å². The topological polar surface area (TPSA) is 55.9 Å². The fourth-order valence-electron chi connectivity index (χ4n) is 2.14. The summed E-state index contributed by atoms with van der Waals surface area (Å²) in [6.45, 7) is 0. The molecule has 0 radical (unpaired) electrons. The molecule has 20 heavy (non-hydrogen) atoms. The first kappa shape index (κ1) is 13.7. The summed E-state index contributed by atoms with van der Waals surface area (Å²) in [5, 5.41) is 6.53. The Morgan fingerprint density at radius 3 is 2.70 bits per heavy atom. The van der Waals surface area contributed by atoms with Crippen molar-refractivity contribution in [2.75, 3.05) is 0 Å². The first-order valence-electron chi connectivity index (χ1n) is 6.09. The second-order valence-electron chi connectivity index (χ2n) is 4.29. The number of aromatic nitrogens is 2. The van der Waals surface area contributed by atoms with Crippen LogP contribution >= 0.6 is 33.9 Å². The zero-order chi connectivity index (χ0) is 13.9. The molecule has 0 aliphatic heterocycles. The molecule has 1 atom stereocenters. The number of benzene rings is 1. The van der Waals surface area contributed by atoms with E-state index in [4.69, 9.17) is 5.84 Å². The van der Waals surface area contributed by atoms with E-state index >= 15 is 0 Å². The van der Waals surface area contributed by atoms with Crippen LogP contribution in [0, 0.1) is 2.88 Å². The average Bonchev–Trinajstić information content (AvgIpc) is 3.11. The molecule has 0 aliphatic carbocycles. The Kier molecular flexibility index (Phi) is 4.16. The Hall–Kier alpha value is -1.22. The van der Waals surface area contributed by atoms with E-state index in [0.29, 0.717) is 0 Å². The van der Waals surface area contributed by atoms with Crippen LogP contribution in [0.25, 0.3) is 5.69 Å². The normalized spacial score (nSPS) is 12.5. The van der Waals surface area contributed by atoms with Crippen LogP contribution < -0.4 is 11.3 Å². The lowest BCUT2D eigenvalue weighted by molar-refractivity contribution is 0.599. The summed E-state index contributed by atoms with van der Waals surface area (Å²) in [5.74, 6) is 5.76. The van der Waals surface area contributed by atoms with Crippen LogP contribution in [0.15, 0.2) is 54.0 Å². The highest BCUT2D eigenvalue weighted by Crippen LogP contribution is 2.27. The number of para-hydroxylation sites is 1. The number of halogens is 1. The Labute approximate surface area is 134 Å². The lowest BCUT2D eigenvalue weighted by Crippen LogP contribution is -2.30. The van der Waals surface area contributed by atoms with Crippen LogP contribution in [0.5, 0.6) is 0 Å². The summed E-state index contributed by atoms with van der Waals surface area (Å²) in [7, 11) is 0. The quantitative estimate of drug-likeness (QED) is 0.405. The van der Waals surface area contributed by atoms with E-state index in [1.165, 1.54) is 2.88 Å². The van der Waals surface area contributed by atoms with Gasteiger partial charge in [0.2, 0.25) is 0 Å². The molecule has 3 rings (SSSR count). The SMILES string of the molecule is NNC(c1csc(I)c1)c1ccnn1-c1ccccc1. The van der Waals surface area contributed by atoms with Crippen molar-refractivity contribution in [3.8, 4) is 5.69 Å². The molecule has 2 heterocycles. The van der Waals surface area contributed by atoms with Gasteiger partial charge in [0.25, 0.3) is 0 Å². The summed E-state index contributed by atoms with van der Waals surface area (Å²) in [5.41, 5.74) is 6.09. The van der Waals surface area contributed by atoms with Gasteiger partial charge in [-0.15, -0.1) is 11.3 Å². The minimum Gasteiger partial charge on any atom is -0.271 e. The molecule has 3 N–H and O–H groups in total. The fraction of sp³-hybridized carbons (Fsp3) is 0.0714. The summed E-state index contributed by atoms with van der Waals surface area (Å²) < 4.78 is 3.15. The first-order chi connectivity index (χ1) is 9.79. The molecule has 4 nitrogen and oxygen atoms in total. The van der Waals surface area contributed by atoms with Gasteiger partial charge < -0.3 is 0 Å². The van der Waals surface area contributed by atoms with Crippen molar-refractivity contribution in [3.05, 3.63) is 68.2 Å². The van der Waals surface area contributed by atoms with Crippen LogP contribution in [0.3, 0.4) is 0 Å². The molecule has 3 aromatic rings. The maximum absolute atomic E-state index is 5.76. The summed E-state index contributed by atoms with van der Waals surface area (Å²) in [6.07, 6.45) is 1.80.